The summed E-state index contributed by atoms with van der Waals surface area (Å²) in [5.41, 5.74) is 1.13. The van der Waals surface area contributed by atoms with Gasteiger partial charge < -0.3 is 10.6 Å². The third-order valence-electron chi connectivity index (χ3n) is 7.39. The van der Waals surface area contributed by atoms with Gasteiger partial charge >= 0.3 is 5.69 Å². The Kier molecular flexibility index (Phi) is 8.44. The summed E-state index contributed by atoms with van der Waals surface area (Å²) in [6, 6.07) is 12.0. The number of pyridine rings is 2. The first-order valence-electron chi connectivity index (χ1n) is 13.5. The summed E-state index contributed by atoms with van der Waals surface area (Å²) < 4.78 is 30.1. The molecule has 0 bridgehead atoms. The van der Waals surface area contributed by atoms with Crippen molar-refractivity contribution >= 4 is 40.3 Å². The zero-order chi connectivity index (χ0) is 29.1. The molecule has 0 aliphatic heterocycles. The van der Waals surface area contributed by atoms with Gasteiger partial charge in [0.2, 0.25) is 5.91 Å². The van der Waals surface area contributed by atoms with Crippen LogP contribution >= 0.6 is 11.6 Å². The van der Waals surface area contributed by atoms with Gasteiger partial charge in [-0.3, -0.25) is 23.7 Å². The molecule has 1 fully saturated rings. The number of hydrogen-bond donors (Lipinski definition) is 2. The van der Waals surface area contributed by atoms with Gasteiger partial charge in [-0.15, -0.1) is 0 Å². The quantitative estimate of drug-likeness (QED) is 0.285. The highest BCUT2D eigenvalue weighted by atomic mass is 35.5. The van der Waals surface area contributed by atoms with Gasteiger partial charge in [0.15, 0.2) is 0 Å². The molecule has 12 heteroatoms. The molecule has 0 saturated heterocycles. The van der Waals surface area contributed by atoms with E-state index in [1.54, 1.807) is 34.4 Å². The third-order valence-corrected chi connectivity index (χ3v) is 7.60. The van der Waals surface area contributed by atoms with E-state index in [1.165, 1.54) is 6.07 Å². The van der Waals surface area contributed by atoms with Crippen LogP contribution in [0.4, 0.5) is 14.6 Å². The second kappa shape index (κ2) is 12.2. The average Bonchev–Trinajstić information content (AvgIpc) is 3.25. The standard InChI is InChI=1S/C29H29ClF2N6O3/c1-2-25(39)36-24-12-11-20(15-33-24)38-23-6-4-3-5-22(23)37(29(38)41)16-17-7-9-19(10-8-17)35-28(40)21-13-18(30)14-34-26(21)27(31)32/h3-6,11-15,17,19,27H,2,7-10,16H2,1H3,(H,35,40)(H,33,36,39)/t17-,19-. The van der Waals surface area contributed by atoms with Crippen LogP contribution in [0.3, 0.4) is 0 Å². The lowest BCUT2D eigenvalue weighted by atomic mass is 9.85. The molecule has 214 valence electrons. The minimum Gasteiger partial charge on any atom is -0.349 e. The predicted octanol–water partition coefficient (Wildman–Crippen LogP) is 5.51. The monoisotopic (exact) mass is 582 g/mol. The zero-order valence-electron chi connectivity index (χ0n) is 22.3. The van der Waals surface area contributed by atoms with E-state index in [-0.39, 0.29) is 34.1 Å². The third kappa shape index (κ3) is 6.14. The van der Waals surface area contributed by atoms with E-state index in [0.29, 0.717) is 37.3 Å². The van der Waals surface area contributed by atoms with Crippen LogP contribution in [0.2, 0.25) is 5.02 Å². The van der Waals surface area contributed by atoms with Gasteiger partial charge in [0.25, 0.3) is 12.3 Å². The van der Waals surface area contributed by atoms with E-state index >= 15 is 0 Å². The number of rotatable bonds is 8. The number of aromatic nitrogens is 4. The van der Waals surface area contributed by atoms with E-state index in [4.69, 9.17) is 11.6 Å². The number of benzene rings is 1. The second-order valence-electron chi connectivity index (χ2n) is 10.1. The molecule has 1 aliphatic rings. The van der Waals surface area contributed by atoms with Crippen LogP contribution < -0.4 is 16.3 Å². The Bertz CT molecular complexity index is 1630. The van der Waals surface area contributed by atoms with Crippen molar-refractivity contribution in [2.45, 2.75) is 58.0 Å². The molecule has 3 heterocycles. The Morgan fingerprint density at radius 2 is 1.78 bits per heavy atom. The lowest BCUT2D eigenvalue weighted by molar-refractivity contribution is -0.115. The van der Waals surface area contributed by atoms with Gasteiger partial charge in [-0.2, -0.15) is 0 Å². The van der Waals surface area contributed by atoms with Gasteiger partial charge in [0, 0.05) is 25.2 Å². The molecule has 1 aliphatic carbocycles. The summed E-state index contributed by atoms with van der Waals surface area (Å²) in [7, 11) is 0. The summed E-state index contributed by atoms with van der Waals surface area (Å²) in [5, 5.41) is 5.67. The molecule has 1 aromatic carbocycles. The maximum absolute atomic E-state index is 13.6. The Labute approximate surface area is 239 Å². The van der Waals surface area contributed by atoms with Crippen LogP contribution in [-0.4, -0.2) is 37.0 Å². The first-order valence-corrected chi connectivity index (χ1v) is 13.8. The van der Waals surface area contributed by atoms with Gasteiger partial charge in [-0.25, -0.2) is 18.6 Å². The number of halogens is 3. The minimum absolute atomic E-state index is 0.114. The number of nitrogens with zero attached hydrogens (tertiary/aromatic N) is 4. The summed E-state index contributed by atoms with van der Waals surface area (Å²) in [5.74, 6) is -0.160. The van der Waals surface area contributed by atoms with Crippen LogP contribution in [0, 0.1) is 5.92 Å². The van der Waals surface area contributed by atoms with E-state index in [2.05, 4.69) is 20.6 Å². The molecule has 0 atom stereocenters. The predicted molar refractivity (Wildman–Crippen MR) is 152 cm³/mol. The topological polar surface area (TPSA) is 111 Å². The first kappa shape index (κ1) is 28.4. The molecule has 0 unspecified atom stereocenters. The number of anilines is 1. The van der Waals surface area contributed by atoms with Crippen LogP contribution in [0.5, 0.6) is 0 Å². The molecule has 5 rings (SSSR count). The normalized spacial score (nSPS) is 17.1. The summed E-state index contributed by atoms with van der Waals surface area (Å²) >= 11 is 5.89. The van der Waals surface area contributed by atoms with Crippen molar-refractivity contribution < 1.29 is 18.4 Å². The fourth-order valence-electron chi connectivity index (χ4n) is 5.27. The van der Waals surface area contributed by atoms with Crippen LogP contribution in [0.25, 0.3) is 16.7 Å². The number of carbonyl (C=O) groups is 2. The Morgan fingerprint density at radius 1 is 1.05 bits per heavy atom. The summed E-state index contributed by atoms with van der Waals surface area (Å²) in [4.78, 5) is 46.0. The number of para-hydroxylation sites is 2. The number of nitrogens with one attached hydrogen (secondary N) is 2. The maximum Gasteiger partial charge on any atom is 0.333 e. The molecule has 0 spiro atoms. The van der Waals surface area contributed by atoms with Gasteiger partial charge in [-0.1, -0.05) is 30.7 Å². The number of hydrogen-bond acceptors (Lipinski definition) is 5. The largest absolute Gasteiger partial charge is 0.349 e. The average molecular weight is 583 g/mol. The number of alkyl halides is 2. The fourth-order valence-corrected chi connectivity index (χ4v) is 5.43. The van der Waals surface area contributed by atoms with E-state index in [9.17, 15) is 23.2 Å². The first-order chi connectivity index (χ1) is 19.7. The number of imidazole rings is 1. The summed E-state index contributed by atoms with van der Waals surface area (Å²) in [6.07, 6.45) is 2.91. The molecule has 9 nitrogen and oxygen atoms in total. The van der Waals surface area contributed by atoms with Crippen LogP contribution in [0.1, 0.15) is 61.5 Å². The molecule has 0 radical (unpaired) electrons. The van der Waals surface area contributed by atoms with Crippen molar-refractivity contribution in [1.29, 1.82) is 0 Å². The highest BCUT2D eigenvalue weighted by Gasteiger charge is 2.27. The van der Waals surface area contributed by atoms with Crippen molar-refractivity contribution in [2.75, 3.05) is 5.32 Å². The van der Waals surface area contributed by atoms with Gasteiger partial charge in [-0.05, 0) is 61.9 Å². The van der Waals surface area contributed by atoms with E-state index in [0.717, 1.165) is 30.1 Å². The zero-order valence-corrected chi connectivity index (χ0v) is 23.1. The van der Waals surface area contributed by atoms with Crippen molar-refractivity contribution in [2.24, 2.45) is 5.92 Å². The molecule has 2 N–H and O–H groups in total. The molecule has 4 aromatic rings. The molecule has 3 aromatic heterocycles. The smallest absolute Gasteiger partial charge is 0.333 e. The number of fused-ring (bicyclic) bond motifs is 1. The van der Waals surface area contributed by atoms with Gasteiger partial charge in [0.05, 0.1) is 33.5 Å². The fraction of sp³-hybridized carbons (Fsp3) is 0.345. The second-order valence-corrected chi connectivity index (χ2v) is 10.5. The molecular weight excluding hydrogens is 554 g/mol. The maximum atomic E-state index is 13.6. The summed E-state index contributed by atoms with van der Waals surface area (Å²) in [6.45, 7) is 2.25. The van der Waals surface area contributed by atoms with E-state index in [1.807, 2.05) is 24.3 Å². The van der Waals surface area contributed by atoms with Crippen molar-refractivity contribution in [3.8, 4) is 5.69 Å². The lowest BCUT2D eigenvalue weighted by Gasteiger charge is -2.29. The van der Waals surface area contributed by atoms with E-state index < -0.39 is 18.0 Å². The highest BCUT2D eigenvalue weighted by Crippen LogP contribution is 2.29. The molecule has 2 amide bonds. The van der Waals surface area contributed by atoms with Crippen molar-refractivity contribution in [3.05, 3.63) is 81.6 Å². The Morgan fingerprint density at radius 3 is 2.44 bits per heavy atom. The van der Waals surface area contributed by atoms with Crippen molar-refractivity contribution in [3.63, 3.8) is 0 Å². The SMILES string of the molecule is CCC(=O)Nc1ccc(-n2c(=O)n(C[C@H]3CC[C@H](NC(=O)c4cc(Cl)cnc4C(F)F)CC3)c3ccccc32)cn1. The lowest BCUT2D eigenvalue weighted by Crippen LogP contribution is -2.39. The number of carbonyl (C=O) groups excluding carboxylic acids is 2. The van der Waals surface area contributed by atoms with Gasteiger partial charge in [0.1, 0.15) is 11.5 Å². The van der Waals surface area contributed by atoms with Crippen LogP contribution in [0.15, 0.2) is 59.7 Å². The van der Waals surface area contributed by atoms with Crippen LogP contribution in [-0.2, 0) is 11.3 Å². The highest BCUT2D eigenvalue weighted by molar-refractivity contribution is 6.30. The Hall–Kier alpha value is -4.12. The molecule has 41 heavy (non-hydrogen) atoms. The Balaban J connectivity index is 1.29. The van der Waals surface area contributed by atoms with Crippen molar-refractivity contribution in [1.82, 2.24) is 24.4 Å². The molecular formula is C29H29ClF2N6O3. The number of amides is 2. The minimum atomic E-state index is -2.89. The molecule has 1 saturated carbocycles.